The van der Waals surface area contributed by atoms with Gasteiger partial charge in [0.25, 0.3) is 5.91 Å². The number of halogens is 3. The van der Waals surface area contributed by atoms with E-state index in [-0.39, 0.29) is 5.56 Å². The number of para-hydroxylation sites is 1. The van der Waals surface area contributed by atoms with E-state index in [1.165, 1.54) is 24.3 Å². The zero-order chi connectivity index (χ0) is 20.8. The number of carbonyl (C=O) groups is 2. The van der Waals surface area contributed by atoms with Crippen molar-refractivity contribution in [1.82, 2.24) is 5.43 Å². The zero-order valence-corrected chi connectivity index (χ0v) is 14.8. The number of hydrazine groups is 1. The van der Waals surface area contributed by atoms with E-state index in [4.69, 9.17) is 0 Å². The van der Waals surface area contributed by atoms with Gasteiger partial charge in [0.15, 0.2) is 17.5 Å². The molecule has 3 rings (SSSR count). The molecule has 0 aliphatic rings. The Morgan fingerprint density at radius 1 is 0.690 bits per heavy atom. The van der Waals surface area contributed by atoms with Crippen molar-refractivity contribution < 1.29 is 22.8 Å². The monoisotopic (exact) mass is 400 g/mol. The molecule has 3 aromatic carbocycles. The second kappa shape index (κ2) is 8.79. The van der Waals surface area contributed by atoms with Gasteiger partial charge in [0, 0.05) is 16.9 Å². The van der Waals surface area contributed by atoms with Crippen LogP contribution < -0.4 is 21.5 Å². The van der Waals surface area contributed by atoms with Crippen molar-refractivity contribution in [3.05, 3.63) is 89.7 Å². The maximum atomic E-state index is 13.6. The molecule has 29 heavy (non-hydrogen) atoms. The number of rotatable bonds is 5. The van der Waals surface area contributed by atoms with E-state index in [0.29, 0.717) is 11.4 Å². The molecule has 9 heteroatoms. The molecule has 0 bridgehead atoms. The molecule has 0 radical (unpaired) electrons. The molecule has 3 aromatic rings. The van der Waals surface area contributed by atoms with Crippen molar-refractivity contribution in [2.75, 3.05) is 16.1 Å². The number of benzene rings is 3. The third-order valence-electron chi connectivity index (χ3n) is 3.78. The fourth-order valence-electron chi connectivity index (χ4n) is 2.34. The predicted molar refractivity (Wildman–Crippen MR) is 103 cm³/mol. The van der Waals surface area contributed by atoms with Gasteiger partial charge in [-0.3, -0.25) is 15.6 Å². The SMILES string of the molecule is O=C(Nc1ccccc1)Nc1ccc(C(=O)NNc2ccc(F)c(F)c2F)cc1. The van der Waals surface area contributed by atoms with Crippen LogP contribution in [-0.2, 0) is 0 Å². The molecule has 3 amide bonds. The van der Waals surface area contributed by atoms with E-state index in [1.807, 2.05) is 6.07 Å². The molecule has 0 aliphatic heterocycles. The molecular formula is C20H15F3N4O2. The lowest BCUT2D eigenvalue weighted by atomic mass is 10.2. The average Bonchev–Trinajstić information content (AvgIpc) is 2.72. The fraction of sp³-hybridized carbons (Fsp3) is 0. The van der Waals surface area contributed by atoms with Gasteiger partial charge in [-0.05, 0) is 48.5 Å². The van der Waals surface area contributed by atoms with Gasteiger partial charge in [-0.15, -0.1) is 0 Å². The van der Waals surface area contributed by atoms with Gasteiger partial charge in [0.1, 0.15) is 0 Å². The van der Waals surface area contributed by atoms with Crippen LogP contribution in [0.5, 0.6) is 0 Å². The molecule has 0 atom stereocenters. The Balaban J connectivity index is 1.56. The summed E-state index contributed by atoms with van der Waals surface area (Å²) in [5.41, 5.74) is 5.20. The van der Waals surface area contributed by atoms with Gasteiger partial charge in [0.05, 0.1) is 5.69 Å². The maximum Gasteiger partial charge on any atom is 0.323 e. The molecule has 0 aliphatic carbocycles. The van der Waals surface area contributed by atoms with Crippen molar-refractivity contribution >= 4 is 29.0 Å². The number of amides is 3. The first-order valence-corrected chi connectivity index (χ1v) is 8.37. The molecule has 0 unspecified atom stereocenters. The van der Waals surface area contributed by atoms with Gasteiger partial charge >= 0.3 is 6.03 Å². The average molecular weight is 400 g/mol. The van der Waals surface area contributed by atoms with Crippen LogP contribution in [-0.4, -0.2) is 11.9 Å². The summed E-state index contributed by atoms with van der Waals surface area (Å²) in [4.78, 5) is 24.0. The van der Waals surface area contributed by atoms with Crippen molar-refractivity contribution in [3.8, 4) is 0 Å². The summed E-state index contributed by atoms with van der Waals surface area (Å²) in [7, 11) is 0. The summed E-state index contributed by atoms with van der Waals surface area (Å²) in [6.45, 7) is 0. The van der Waals surface area contributed by atoms with Crippen molar-refractivity contribution in [2.24, 2.45) is 0 Å². The second-order valence-corrected chi connectivity index (χ2v) is 5.82. The van der Waals surface area contributed by atoms with Gasteiger partial charge in [-0.25, -0.2) is 18.0 Å². The van der Waals surface area contributed by atoms with Gasteiger partial charge < -0.3 is 10.6 Å². The molecule has 0 fully saturated rings. The topological polar surface area (TPSA) is 82.3 Å². The lowest BCUT2D eigenvalue weighted by Crippen LogP contribution is -2.30. The Labute approximate surface area is 163 Å². The highest BCUT2D eigenvalue weighted by Gasteiger charge is 2.14. The Morgan fingerprint density at radius 3 is 1.97 bits per heavy atom. The van der Waals surface area contributed by atoms with Crippen LogP contribution >= 0.6 is 0 Å². The smallest absolute Gasteiger partial charge is 0.308 e. The van der Waals surface area contributed by atoms with Crippen LogP contribution in [0.15, 0.2) is 66.7 Å². The summed E-state index contributed by atoms with van der Waals surface area (Å²) < 4.78 is 39.7. The number of hydrogen-bond acceptors (Lipinski definition) is 3. The number of nitrogens with one attached hydrogen (secondary N) is 4. The molecule has 0 saturated heterocycles. The van der Waals surface area contributed by atoms with E-state index in [2.05, 4.69) is 21.5 Å². The van der Waals surface area contributed by atoms with Crippen molar-refractivity contribution in [3.63, 3.8) is 0 Å². The normalized spacial score (nSPS) is 10.2. The van der Waals surface area contributed by atoms with Crippen LogP contribution in [0.25, 0.3) is 0 Å². The number of carbonyl (C=O) groups excluding carboxylic acids is 2. The van der Waals surface area contributed by atoms with Gasteiger partial charge in [0.2, 0.25) is 0 Å². The molecule has 0 heterocycles. The zero-order valence-electron chi connectivity index (χ0n) is 14.8. The summed E-state index contributed by atoms with van der Waals surface area (Å²) in [5.74, 6) is -5.07. The summed E-state index contributed by atoms with van der Waals surface area (Å²) in [6, 6.07) is 15.9. The van der Waals surface area contributed by atoms with Crippen LogP contribution in [0.2, 0.25) is 0 Å². The first kappa shape index (κ1) is 19.7. The third-order valence-corrected chi connectivity index (χ3v) is 3.78. The van der Waals surface area contributed by atoms with Crippen LogP contribution in [0.1, 0.15) is 10.4 Å². The Hall–Kier alpha value is -4.01. The van der Waals surface area contributed by atoms with Crippen LogP contribution in [0, 0.1) is 17.5 Å². The van der Waals surface area contributed by atoms with Crippen LogP contribution in [0.4, 0.5) is 35.0 Å². The highest BCUT2D eigenvalue weighted by Crippen LogP contribution is 2.19. The fourth-order valence-corrected chi connectivity index (χ4v) is 2.34. The largest absolute Gasteiger partial charge is 0.323 e. The number of hydrogen-bond donors (Lipinski definition) is 4. The molecule has 6 nitrogen and oxygen atoms in total. The highest BCUT2D eigenvalue weighted by molar-refractivity contribution is 6.00. The second-order valence-electron chi connectivity index (χ2n) is 5.82. The minimum absolute atomic E-state index is 0.189. The lowest BCUT2D eigenvalue weighted by molar-refractivity contribution is 0.0962. The Kier molecular flexibility index (Phi) is 5.98. The van der Waals surface area contributed by atoms with E-state index < -0.39 is 35.1 Å². The molecular weight excluding hydrogens is 385 g/mol. The van der Waals surface area contributed by atoms with Crippen molar-refractivity contribution in [1.29, 1.82) is 0 Å². The Bertz CT molecular complexity index is 1030. The van der Waals surface area contributed by atoms with E-state index in [1.54, 1.807) is 24.3 Å². The van der Waals surface area contributed by atoms with E-state index in [0.717, 1.165) is 12.1 Å². The first-order valence-electron chi connectivity index (χ1n) is 8.37. The standard InChI is InChI=1S/C20H15F3N4O2/c21-15-10-11-16(18(23)17(15)22)26-27-19(28)12-6-8-14(9-7-12)25-20(29)24-13-4-2-1-3-5-13/h1-11,26H,(H,27,28)(H2,24,25,29). The number of anilines is 3. The summed E-state index contributed by atoms with van der Waals surface area (Å²) in [6.07, 6.45) is 0. The maximum absolute atomic E-state index is 13.6. The van der Waals surface area contributed by atoms with Crippen LogP contribution in [0.3, 0.4) is 0 Å². The Morgan fingerprint density at radius 2 is 1.31 bits per heavy atom. The molecule has 4 N–H and O–H groups in total. The number of urea groups is 1. The quantitative estimate of drug-likeness (QED) is 0.376. The predicted octanol–water partition coefficient (Wildman–Crippen LogP) is 4.50. The van der Waals surface area contributed by atoms with Gasteiger partial charge in [-0.1, -0.05) is 18.2 Å². The molecule has 0 aromatic heterocycles. The van der Waals surface area contributed by atoms with Gasteiger partial charge in [-0.2, -0.15) is 0 Å². The highest BCUT2D eigenvalue weighted by atomic mass is 19.2. The lowest BCUT2D eigenvalue weighted by Gasteiger charge is -2.11. The molecule has 148 valence electrons. The van der Waals surface area contributed by atoms with E-state index >= 15 is 0 Å². The minimum Gasteiger partial charge on any atom is -0.308 e. The molecule has 0 spiro atoms. The minimum atomic E-state index is -1.64. The third kappa shape index (κ3) is 5.04. The summed E-state index contributed by atoms with van der Waals surface area (Å²) in [5, 5.41) is 5.26. The summed E-state index contributed by atoms with van der Waals surface area (Å²) >= 11 is 0. The first-order chi connectivity index (χ1) is 13.9. The molecule has 0 saturated carbocycles. The van der Waals surface area contributed by atoms with Crippen molar-refractivity contribution in [2.45, 2.75) is 0 Å². The van der Waals surface area contributed by atoms with E-state index in [9.17, 15) is 22.8 Å².